The Morgan fingerprint density at radius 3 is 2.50 bits per heavy atom. The SMILES string of the molecule is CCCN(CCC)CCCNC(=NCc1ccco1)NCC. The molecule has 0 bridgehead atoms. The maximum Gasteiger partial charge on any atom is 0.191 e. The Hall–Kier alpha value is -1.49. The van der Waals surface area contributed by atoms with Crippen LogP contribution in [0.25, 0.3) is 0 Å². The second-order valence-electron chi connectivity index (χ2n) is 5.40. The average Bonchev–Trinajstić information content (AvgIpc) is 3.02. The average molecular weight is 308 g/mol. The van der Waals surface area contributed by atoms with Gasteiger partial charge in [-0.05, 0) is 58.0 Å². The molecular formula is C17H32N4O. The first kappa shape index (κ1) is 18.6. The van der Waals surface area contributed by atoms with Gasteiger partial charge in [0, 0.05) is 13.1 Å². The normalized spacial score (nSPS) is 11.9. The maximum absolute atomic E-state index is 5.30. The first-order valence-electron chi connectivity index (χ1n) is 8.57. The molecule has 1 aromatic rings. The molecule has 5 heteroatoms. The Kier molecular flexibility index (Phi) is 10.2. The van der Waals surface area contributed by atoms with Crippen molar-refractivity contribution in [3.05, 3.63) is 24.2 Å². The van der Waals surface area contributed by atoms with Crippen molar-refractivity contribution in [3.8, 4) is 0 Å². The summed E-state index contributed by atoms with van der Waals surface area (Å²) in [5, 5.41) is 6.66. The predicted molar refractivity (Wildman–Crippen MR) is 93.2 cm³/mol. The molecule has 0 aromatic carbocycles. The molecule has 5 nitrogen and oxygen atoms in total. The van der Waals surface area contributed by atoms with E-state index in [1.807, 2.05) is 12.1 Å². The minimum absolute atomic E-state index is 0.570. The van der Waals surface area contributed by atoms with Gasteiger partial charge < -0.3 is 20.0 Å². The van der Waals surface area contributed by atoms with Crippen molar-refractivity contribution in [2.45, 2.75) is 46.6 Å². The number of nitrogens with one attached hydrogen (secondary N) is 2. The quantitative estimate of drug-likeness (QED) is 0.375. The van der Waals surface area contributed by atoms with Crippen LogP contribution in [0.5, 0.6) is 0 Å². The number of nitrogens with zero attached hydrogens (tertiary/aromatic N) is 2. The molecule has 1 aromatic heterocycles. The van der Waals surface area contributed by atoms with Gasteiger partial charge in [0.05, 0.1) is 6.26 Å². The van der Waals surface area contributed by atoms with Crippen LogP contribution in [0.1, 0.15) is 45.8 Å². The minimum Gasteiger partial charge on any atom is -0.467 e. The molecule has 0 radical (unpaired) electrons. The summed E-state index contributed by atoms with van der Waals surface area (Å²) in [7, 11) is 0. The molecule has 0 fully saturated rings. The number of guanidine groups is 1. The zero-order chi connectivity index (χ0) is 16.0. The van der Waals surface area contributed by atoms with Crippen molar-refractivity contribution in [1.29, 1.82) is 0 Å². The van der Waals surface area contributed by atoms with E-state index in [1.165, 1.54) is 25.9 Å². The molecule has 0 saturated carbocycles. The largest absolute Gasteiger partial charge is 0.467 e. The van der Waals surface area contributed by atoms with E-state index in [1.54, 1.807) is 6.26 Å². The number of furan rings is 1. The van der Waals surface area contributed by atoms with Gasteiger partial charge in [-0.2, -0.15) is 0 Å². The Morgan fingerprint density at radius 2 is 1.91 bits per heavy atom. The number of hydrogen-bond acceptors (Lipinski definition) is 3. The van der Waals surface area contributed by atoms with Gasteiger partial charge in [0.1, 0.15) is 12.3 Å². The standard InChI is InChI=1S/C17H32N4O/c1-4-11-21(12-5-2)13-8-10-19-17(18-6-3)20-15-16-9-7-14-22-16/h7,9,14H,4-6,8,10-13,15H2,1-3H3,(H2,18,19,20). The molecule has 126 valence electrons. The van der Waals surface area contributed by atoms with Crippen molar-refractivity contribution < 1.29 is 4.42 Å². The van der Waals surface area contributed by atoms with Crippen molar-refractivity contribution in [1.82, 2.24) is 15.5 Å². The van der Waals surface area contributed by atoms with Gasteiger partial charge in [-0.15, -0.1) is 0 Å². The van der Waals surface area contributed by atoms with Gasteiger partial charge in [0.25, 0.3) is 0 Å². The third-order valence-electron chi connectivity index (χ3n) is 3.34. The van der Waals surface area contributed by atoms with Crippen molar-refractivity contribution in [2.75, 3.05) is 32.7 Å². The Labute approximate surface area is 135 Å². The van der Waals surface area contributed by atoms with Crippen LogP contribution in [-0.4, -0.2) is 43.6 Å². The Morgan fingerprint density at radius 1 is 1.14 bits per heavy atom. The van der Waals surface area contributed by atoms with Gasteiger partial charge in [-0.1, -0.05) is 13.8 Å². The summed E-state index contributed by atoms with van der Waals surface area (Å²) in [6.07, 6.45) is 5.26. The lowest BCUT2D eigenvalue weighted by molar-refractivity contribution is 0.271. The molecule has 1 rings (SSSR count). The fraction of sp³-hybridized carbons (Fsp3) is 0.706. The molecule has 0 saturated heterocycles. The van der Waals surface area contributed by atoms with E-state index in [4.69, 9.17) is 4.42 Å². The summed E-state index contributed by atoms with van der Waals surface area (Å²) < 4.78 is 5.30. The first-order valence-corrected chi connectivity index (χ1v) is 8.57. The molecular weight excluding hydrogens is 276 g/mol. The van der Waals surface area contributed by atoms with E-state index < -0.39 is 0 Å². The number of aliphatic imine (C=N–C) groups is 1. The zero-order valence-corrected chi connectivity index (χ0v) is 14.4. The molecule has 0 aliphatic heterocycles. The van der Waals surface area contributed by atoms with Gasteiger partial charge >= 0.3 is 0 Å². The van der Waals surface area contributed by atoms with E-state index >= 15 is 0 Å². The minimum atomic E-state index is 0.570. The third-order valence-corrected chi connectivity index (χ3v) is 3.34. The molecule has 0 unspecified atom stereocenters. The van der Waals surface area contributed by atoms with E-state index in [0.717, 1.165) is 37.8 Å². The molecule has 1 heterocycles. The van der Waals surface area contributed by atoms with E-state index in [2.05, 4.69) is 41.3 Å². The van der Waals surface area contributed by atoms with Crippen molar-refractivity contribution >= 4 is 5.96 Å². The summed E-state index contributed by atoms with van der Waals surface area (Å²) in [4.78, 5) is 7.07. The van der Waals surface area contributed by atoms with Crippen LogP contribution in [0.3, 0.4) is 0 Å². The van der Waals surface area contributed by atoms with Crippen LogP contribution in [0.4, 0.5) is 0 Å². The first-order chi connectivity index (χ1) is 10.8. The highest BCUT2D eigenvalue weighted by Gasteiger charge is 2.03. The maximum atomic E-state index is 5.30. The smallest absolute Gasteiger partial charge is 0.191 e. The van der Waals surface area contributed by atoms with Crippen LogP contribution in [0.2, 0.25) is 0 Å². The highest BCUT2D eigenvalue weighted by molar-refractivity contribution is 5.79. The lowest BCUT2D eigenvalue weighted by Gasteiger charge is -2.21. The monoisotopic (exact) mass is 308 g/mol. The highest BCUT2D eigenvalue weighted by atomic mass is 16.3. The molecule has 0 aliphatic carbocycles. The van der Waals surface area contributed by atoms with Gasteiger partial charge in [0.15, 0.2) is 5.96 Å². The Bertz CT molecular complexity index is 383. The van der Waals surface area contributed by atoms with Crippen LogP contribution in [-0.2, 0) is 6.54 Å². The lowest BCUT2D eigenvalue weighted by Crippen LogP contribution is -2.39. The summed E-state index contributed by atoms with van der Waals surface area (Å²) in [5.74, 6) is 1.74. The van der Waals surface area contributed by atoms with Crippen molar-refractivity contribution in [2.24, 2.45) is 4.99 Å². The predicted octanol–water partition coefficient (Wildman–Crippen LogP) is 2.85. The number of rotatable bonds is 11. The van der Waals surface area contributed by atoms with Crippen molar-refractivity contribution in [3.63, 3.8) is 0 Å². The molecule has 0 amide bonds. The summed E-state index contributed by atoms with van der Waals surface area (Å²) in [5.41, 5.74) is 0. The second-order valence-corrected chi connectivity index (χ2v) is 5.40. The zero-order valence-electron chi connectivity index (χ0n) is 14.4. The molecule has 0 aliphatic rings. The molecule has 0 atom stereocenters. The fourth-order valence-corrected chi connectivity index (χ4v) is 2.38. The molecule has 22 heavy (non-hydrogen) atoms. The van der Waals surface area contributed by atoms with Crippen LogP contribution < -0.4 is 10.6 Å². The number of hydrogen-bond donors (Lipinski definition) is 2. The summed E-state index contributed by atoms with van der Waals surface area (Å²) in [6, 6.07) is 3.84. The second kappa shape index (κ2) is 12.1. The van der Waals surface area contributed by atoms with Crippen LogP contribution >= 0.6 is 0 Å². The topological polar surface area (TPSA) is 52.8 Å². The van der Waals surface area contributed by atoms with Gasteiger partial charge in [-0.25, -0.2) is 4.99 Å². The van der Waals surface area contributed by atoms with E-state index in [9.17, 15) is 0 Å². The third kappa shape index (κ3) is 8.08. The van der Waals surface area contributed by atoms with Gasteiger partial charge in [-0.3, -0.25) is 0 Å². The highest BCUT2D eigenvalue weighted by Crippen LogP contribution is 2.01. The van der Waals surface area contributed by atoms with E-state index in [-0.39, 0.29) is 0 Å². The Balaban J connectivity index is 2.29. The summed E-state index contributed by atoms with van der Waals surface area (Å²) in [6.45, 7) is 12.5. The van der Waals surface area contributed by atoms with Crippen LogP contribution in [0, 0.1) is 0 Å². The van der Waals surface area contributed by atoms with Gasteiger partial charge in [0.2, 0.25) is 0 Å². The molecule has 2 N–H and O–H groups in total. The summed E-state index contributed by atoms with van der Waals surface area (Å²) >= 11 is 0. The van der Waals surface area contributed by atoms with E-state index in [0.29, 0.717) is 6.54 Å². The lowest BCUT2D eigenvalue weighted by atomic mass is 10.3. The fourth-order valence-electron chi connectivity index (χ4n) is 2.38. The molecule has 0 spiro atoms. The van der Waals surface area contributed by atoms with Crippen LogP contribution in [0.15, 0.2) is 27.8 Å².